The van der Waals surface area contributed by atoms with Crippen LogP contribution in [0.2, 0.25) is 0 Å². The van der Waals surface area contributed by atoms with Gasteiger partial charge in [0, 0.05) is 17.2 Å². The molecule has 0 fully saturated rings. The number of aliphatic carboxylic acids is 1. The lowest BCUT2D eigenvalue weighted by Crippen LogP contribution is -2.14. The van der Waals surface area contributed by atoms with Crippen molar-refractivity contribution in [2.45, 2.75) is 32.1 Å². The molecule has 5 nitrogen and oxygen atoms in total. The number of thiophene rings is 1. The van der Waals surface area contributed by atoms with Gasteiger partial charge < -0.3 is 9.52 Å². The van der Waals surface area contributed by atoms with Crippen LogP contribution in [0.4, 0.5) is 0 Å². The van der Waals surface area contributed by atoms with E-state index in [1.165, 1.54) is 11.3 Å². The maximum Gasteiger partial charge on any atom is 0.316 e. The van der Waals surface area contributed by atoms with E-state index in [2.05, 4.69) is 10.2 Å². The molecule has 0 aromatic carbocycles. The zero-order chi connectivity index (χ0) is 13.1. The Kier molecular flexibility index (Phi) is 3.76. The second kappa shape index (κ2) is 5.30. The van der Waals surface area contributed by atoms with Crippen molar-refractivity contribution in [1.82, 2.24) is 10.2 Å². The average molecular weight is 266 g/mol. The fourth-order valence-corrected chi connectivity index (χ4v) is 2.28. The summed E-state index contributed by atoms with van der Waals surface area (Å²) in [5.74, 6) is -0.963. The second-order valence-corrected chi connectivity index (χ2v) is 5.34. The molecular formula is C12H14N2O3S. The molecule has 2 aromatic heterocycles. The monoisotopic (exact) mass is 266 g/mol. The topological polar surface area (TPSA) is 76.2 Å². The average Bonchev–Trinajstić information content (AvgIpc) is 2.96. The second-order valence-electron chi connectivity index (χ2n) is 4.31. The Bertz CT molecular complexity index is 519. The van der Waals surface area contributed by atoms with Crippen LogP contribution in [0.15, 0.2) is 21.9 Å². The highest BCUT2D eigenvalue weighted by molar-refractivity contribution is 7.09. The van der Waals surface area contributed by atoms with E-state index in [1.54, 1.807) is 0 Å². The molecule has 2 rings (SSSR count). The van der Waals surface area contributed by atoms with Gasteiger partial charge in [0.15, 0.2) is 0 Å². The first-order chi connectivity index (χ1) is 8.58. The molecular weight excluding hydrogens is 252 g/mol. The third-order valence-electron chi connectivity index (χ3n) is 2.53. The van der Waals surface area contributed by atoms with Crippen molar-refractivity contribution in [2.75, 3.05) is 0 Å². The maximum absolute atomic E-state index is 11.3. The highest BCUT2D eigenvalue weighted by Gasteiger charge is 2.27. The van der Waals surface area contributed by atoms with Crippen LogP contribution in [0.3, 0.4) is 0 Å². The standard InChI is InChI=1S/C12H14N2O3S/c1-7(2)10-13-14-11(17-10)9(12(15)16)6-8-4-3-5-18-8/h3-5,7,9H,6H2,1-2H3,(H,15,16). The van der Waals surface area contributed by atoms with E-state index >= 15 is 0 Å². The Labute approximate surface area is 108 Å². The molecule has 6 heteroatoms. The van der Waals surface area contributed by atoms with E-state index in [0.717, 1.165) is 4.88 Å². The van der Waals surface area contributed by atoms with E-state index in [9.17, 15) is 9.90 Å². The van der Waals surface area contributed by atoms with Crippen LogP contribution in [-0.2, 0) is 11.2 Å². The van der Waals surface area contributed by atoms with Crippen molar-refractivity contribution in [1.29, 1.82) is 0 Å². The van der Waals surface area contributed by atoms with Gasteiger partial charge in [0.1, 0.15) is 5.92 Å². The van der Waals surface area contributed by atoms with Crippen LogP contribution in [0.25, 0.3) is 0 Å². The van der Waals surface area contributed by atoms with Gasteiger partial charge in [0.05, 0.1) is 0 Å². The maximum atomic E-state index is 11.3. The molecule has 2 heterocycles. The SMILES string of the molecule is CC(C)c1nnc(C(Cc2cccs2)C(=O)O)o1. The molecule has 2 aromatic rings. The zero-order valence-corrected chi connectivity index (χ0v) is 11.0. The summed E-state index contributed by atoms with van der Waals surface area (Å²) in [7, 11) is 0. The highest BCUT2D eigenvalue weighted by Crippen LogP contribution is 2.24. The van der Waals surface area contributed by atoms with E-state index in [-0.39, 0.29) is 11.8 Å². The normalized spacial score (nSPS) is 12.8. The van der Waals surface area contributed by atoms with Gasteiger partial charge in [-0.05, 0) is 11.4 Å². The van der Waals surface area contributed by atoms with E-state index in [4.69, 9.17) is 4.42 Å². The molecule has 0 aliphatic rings. The van der Waals surface area contributed by atoms with Crippen molar-refractivity contribution >= 4 is 17.3 Å². The minimum Gasteiger partial charge on any atom is -0.481 e. The van der Waals surface area contributed by atoms with Crippen LogP contribution < -0.4 is 0 Å². The molecule has 1 N–H and O–H groups in total. The van der Waals surface area contributed by atoms with Gasteiger partial charge in [-0.3, -0.25) is 4.79 Å². The number of hydrogen-bond donors (Lipinski definition) is 1. The molecule has 1 atom stereocenters. The highest BCUT2D eigenvalue weighted by atomic mass is 32.1. The molecule has 0 bridgehead atoms. The Morgan fingerprint density at radius 1 is 1.44 bits per heavy atom. The minimum absolute atomic E-state index is 0.0995. The van der Waals surface area contributed by atoms with Crippen LogP contribution in [0.5, 0.6) is 0 Å². The molecule has 0 radical (unpaired) electrons. The summed E-state index contributed by atoms with van der Waals surface area (Å²) in [6.45, 7) is 3.85. The van der Waals surface area contributed by atoms with Crippen molar-refractivity contribution < 1.29 is 14.3 Å². The number of hydrogen-bond acceptors (Lipinski definition) is 5. The number of carbonyl (C=O) groups is 1. The summed E-state index contributed by atoms with van der Waals surface area (Å²) < 4.78 is 5.42. The van der Waals surface area contributed by atoms with Crippen LogP contribution in [0, 0.1) is 0 Å². The molecule has 0 saturated heterocycles. The Morgan fingerprint density at radius 3 is 2.67 bits per heavy atom. The summed E-state index contributed by atoms with van der Waals surface area (Å²) in [5, 5.41) is 18.9. The lowest BCUT2D eigenvalue weighted by atomic mass is 10.1. The van der Waals surface area contributed by atoms with Crippen molar-refractivity contribution in [3.63, 3.8) is 0 Å². The van der Waals surface area contributed by atoms with Crippen molar-refractivity contribution in [2.24, 2.45) is 0 Å². The number of carboxylic acids is 1. The molecule has 0 amide bonds. The summed E-state index contributed by atoms with van der Waals surface area (Å²) in [6, 6.07) is 3.80. The first-order valence-corrected chi connectivity index (χ1v) is 6.54. The predicted molar refractivity (Wildman–Crippen MR) is 66.8 cm³/mol. The van der Waals surface area contributed by atoms with Gasteiger partial charge in [-0.25, -0.2) is 0 Å². The quantitative estimate of drug-likeness (QED) is 0.900. The molecule has 96 valence electrons. The van der Waals surface area contributed by atoms with E-state index < -0.39 is 11.9 Å². The van der Waals surface area contributed by atoms with Gasteiger partial charge in [-0.1, -0.05) is 19.9 Å². The fraction of sp³-hybridized carbons (Fsp3) is 0.417. The van der Waals surface area contributed by atoms with E-state index in [1.807, 2.05) is 31.4 Å². The molecule has 0 aliphatic heterocycles. The number of aromatic nitrogens is 2. The summed E-state index contributed by atoms with van der Waals surface area (Å²) >= 11 is 1.52. The van der Waals surface area contributed by atoms with Crippen LogP contribution in [-0.4, -0.2) is 21.3 Å². The Hall–Kier alpha value is -1.69. The zero-order valence-electron chi connectivity index (χ0n) is 10.2. The molecule has 0 saturated carbocycles. The Balaban J connectivity index is 2.21. The van der Waals surface area contributed by atoms with E-state index in [0.29, 0.717) is 12.3 Å². The smallest absolute Gasteiger partial charge is 0.316 e. The van der Waals surface area contributed by atoms with Crippen molar-refractivity contribution in [3.05, 3.63) is 34.2 Å². The van der Waals surface area contributed by atoms with Gasteiger partial charge in [0.25, 0.3) is 0 Å². The largest absolute Gasteiger partial charge is 0.481 e. The van der Waals surface area contributed by atoms with Gasteiger partial charge >= 0.3 is 5.97 Å². The third kappa shape index (κ3) is 2.76. The third-order valence-corrected chi connectivity index (χ3v) is 3.43. The first kappa shape index (κ1) is 12.8. The van der Waals surface area contributed by atoms with Gasteiger partial charge in [-0.15, -0.1) is 21.5 Å². The molecule has 1 unspecified atom stereocenters. The van der Waals surface area contributed by atoms with Crippen LogP contribution >= 0.6 is 11.3 Å². The summed E-state index contributed by atoms with van der Waals surface area (Å²) in [5.41, 5.74) is 0. The number of nitrogens with zero attached hydrogens (tertiary/aromatic N) is 2. The summed E-state index contributed by atoms with van der Waals surface area (Å²) in [4.78, 5) is 12.3. The predicted octanol–water partition coefficient (Wildman–Crippen LogP) is 2.67. The lowest BCUT2D eigenvalue weighted by Gasteiger charge is -2.06. The van der Waals surface area contributed by atoms with Gasteiger partial charge in [0.2, 0.25) is 11.8 Å². The first-order valence-electron chi connectivity index (χ1n) is 5.66. The van der Waals surface area contributed by atoms with Crippen LogP contribution in [0.1, 0.15) is 42.3 Å². The number of rotatable bonds is 5. The Morgan fingerprint density at radius 2 is 2.17 bits per heavy atom. The minimum atomic E-state index is -0.942. The molecule has 18 heavy (non-hydrogen) atoms. The molecule has 0 aliphatic carbocycles. The fourth-order valence-electron chi connectivity index (χ4n) is 1.53. The molecule has 0 spiro atoms. The van der Waals surface area contributed by atoms with Crippen molar-refractivity contribution in [3.8, 4) is 0 Å². The number of carboxylic acid groups (broad SMARTS) is 1. The lowest BCUT2D eigenvalue weighted by molar-refractivity contribution is -0.139. The summed E-state index contributed by atoms with van der Waals surface area (Å²) in [6.07, 6.45) is 0.382. The van der Waals surface area contributed by atoms with Gasteiger partial charge in [-0.2, -0.15) is 0 Å².